The van der Waals surface area contributed by atoms with Crippen molar-refractivity contribution in [2.45, 2.75) is 31.6 Å². The number of amides is 1. The lowest BCUT2D eigenvalue weighted by atomic mass is 9.97. The highest BCUT2D eigenvalue weighted by Crippen LogP contribution is 2.25. The van der Waals surface area contributed by atoms with Gasteiger partial charge in [-0.2, -0.15) is 4.31 Å². The van der Waals surface area contributed by atoms with E-state index >= 15 is 0 Å². The molecular formula is C16H20N4O4S. The van der Waals surface area contributed by atoms with E-state index in [9.17, 15) is 13.2 Å². The molecule has 1 fully saturated rings. The van der Waals surface area contributed by atoms with Crippen molar-refractivity contribution >= 4 is 21.9 Å². The first-order valence-electron chi connectivity index (χ1n) is 8.04. The Bertz CT molecular complexity index is 853. The second-order valence-corrected chi connectivity index (χ2v) is 8.04. The Balaban J connectivity index is 1.61. The minimum absolute atomic E-state index is 0.0669. The fourth-order valence-electron chi connectivity index (χ4n) is 2.77. The third kappa shape index (κ3) is 3.88. The van der Waals surface area contributed by atoms with Gasteiger partial charge >= 0.3 is 6.01 Å². The van der Waals surface area contributed by atoms with Crippen LogP contribution in [0, 0.1) is 19.8 Å². The normalized spacial score (nSPS) is 16.7. The van der Waals surface area contributed by atoms with E-state index in [0.29, 0.717) is 31.8 Å². The Morgan fingerprint density at radius 1 is 1.16 bits per heavy atom. The Hall–Kier alpha value is -2.26. The molecular weight excluding hydrogens is 344 g/mol. The predicted octanol–water partition coefficient (Wildman–Crippen LogP) is 1.73. The van der Waals surface area contributed by atoms with Gasteiger partial charge in [-0.25, -0.2) is 8.42 Å². The van der Waals surface area contributed by atoms with Crippen LogP contribution >= 0.6 is 0 Å². The number of piperidine rings is 1. The number of nitrogens with one attached hydrogen (secondary N) is 1. The summed E-state index contributed by atoms with van der Waals surface area (Å²) in [6, 6.07) is 6.85. The zero-order valence-corrected chi connectivity index (χ0v) is 14.9. The minimum Gasteiger partial charge on any atom is -0.408 e. The molecule has 0 saturated carbocycles. The molecule has 1 saturated heterocycles. The van der Waals surface area contributed by atoms with Crippen LogP contribution in [0.2, 0.25) is 0 Å². The first kappa shape index (κ1) is 17.6. The van der Waals surface area contributed by atoms with Gasteiger partial charge in [0.25, 0.3) is 0 Å². The third-order valence-electron chi connectivity index (χ3n) is 4.24. The molecule has 8 nitrogen and oxygen atoms in total. The van der Waals surface area contributed by atoms with Crippen LogP contribution in [-0.2, 0) is 14.8 Å². The number of carbonyl (C=O) groups excluding carboxylic acids is 1. The van der Waals surface area contributed by atoms with Crippen LogP contribution in [0.5, 0.6) is 0 Å². The van der Waals surface area contributed by atoms with E-state index in [1.807, 2.05) is 6.92 Å². The van der Waals surface area contributed by atoms with E-state index in [1.165, 1.54) is 4.31 Å². The van der Waals surface area contributed by atoms with Gasteiger partial charge in [-0.05, 0) is 31.9 Å². The molecule has 25 heavy (non-hydrogen) atoms. The number of carbonyl (C=O) groups is 1. The van der Waals surface area contributed by atoms with Crippen LogP contribution < -0.4 is 5.32 Å². The molecule has 2 heterocycles. The van der Waals surface area contributed by atoms with Crippen molar-refractivity contribution in [3.8, 4) is 0 Å². The molecule has 1 aromatic carbocycles. The van der Waals surface area contributed by atoms with Crippen LogP contribution in [-0.4, -0.2) is 41.9 Å². The SMILES string of the molecule is Cc1ccc(S(=O)(=O)N2CCC(C(=O)Nc3nnc(C)o3)CC2)cc1. The lowest BCUT2D eigenvalue weighted by Crippen LogP contribution is -2.41. The summed E-state index contributed by atoms with van der Waals surface area (Å²) in [5, 5.41) is 9.95. The Morgan fingerprint density at radius 3 is 2.36 bits per heavy atom. The summed E-state index contributed by atoms with van der Waals surface area (Å²) in [5.74, 6) is -0.137. The molecule has 1 aliphatic rings. The van der Waals surface area contributed by atoms with E-state index in [1.54, 1.807) is 31.2 Å². The molecule has 0 unspecified atom stereocenters. The zero-order valence-electron chi connectivity index (χ0n) is 14.1. The molecule has 1 aromatic heterocycles. The Kier molecular flexibility index (Phi) is 4.87. The van der Waals surface area contributed by atoms with Gasteiger partial charge in [0.15, 0.2) is 0 Å². The number of nitrogens with zero attached hydrogens (tertiary/aromatic N) is 3. The second-order valence-electron chi connectivity index (χ2n) is 6.11. The summed E-state index contributed by atoms with van der Waals surface area (Å²) >= 11 is 0. The summed E-state index contributed by atoms with van der Waals surface area (Å²) in [6.07, 6.45) is 0.897. The fraction of sp³-hybridized carbons (Fsp3) is 0.438. The molecule has 0 bridgehead atoms. The van der Waals surface area contributed by atoms with Crippen molar-refractivity contribution in [3.63, 3.8) is 0 Å². The van der Waals surface area contributed by atoms with Gasteiger partial charge in [-0.3, -0.25) is 10.1 Å². The molecule has 0 aliphatic carbocycles. The van der Waals surface area contributed by atoms with Gasteiger partial charge in [0.2, 0.25) is 21.8 Å². The smallest absolute Gasteiger partial charge is 0.322 e. The fourth-order valence-corrected chi connectivity index (χ4v) is 4.24. The van der Waals surface area contributed by atoms with Crippen LogP contribution in [0.25, 0.3) is 0 Å². The number of sulfonamides is 1. The second kappa shape index (κ2) is 6.93. The molecule has 3 rings (SSSR count). The maximum atomic E-state index is 12.7. The van der Waals surface area contributed by atoms with Gasteiger partial charge in [-0.1, -0.05) is 22.8 Å². The van der Waals surface area contributed by atoms with E-state index in [2.05, 4.69) is 15.5 Å². The number of hydrogen-bond acceptors (Lipinski definition) is 6. The van der Waals surface area contributed by atoms with Crippen molar-refractivity contribution in [1.82, 2.24) is 14.5 Å². The standard InChI is InChI=1S/C16H20N4O4S/c1-11-3-5-14(6-4-11)25(22,23)20-9-7-13(8-10-20)15(21)17-16-19-18-12(2)24-16/h3-6,13H,7-10H2,1-2H3,(H,17,19,21). The topological polar surface area (TPSA) is 105 Å². The summed E-state index contributed by atoms with van der Waals surface area (Å²) < 4.78 is 31.9. The number of benzene rings is 1. The lowest BCUT2D eigenvalue weighted by molar-refractivity contribution is -0.121. The summed E-state index contributed by atoms with van der Waals surface area (Å²) in [5.41, 5.74) is 1.01. The van der Waals surface area contributed by atoms with E-state index in [0.717, 1.165) is 5.56 Å². The van der Waals surface area contributed by atoms with Crippen molar-refractivity contribution in [1.29, 1.82) is 0 Å². The molecule has 134 valence electrons. The average molecular weight is 364 g/mol. The highest BCUT2D eigenvalue weighted by atomic mass is 32.2. The van der Waals surface area contributed by atoms with Crippen LogP contribution in [0.15, 0.2) is 33.6 Å². The van der Waals surface area contributed by atoms with Gasteiger partial charge < -0.3 is 4.42 Å². The van der Waals surface area contributed by atoms with Crippen molar-refractivity contribution in [2.75, 3.05) is 18.4 Å². The highest BCUT2D eigenvalue weighted by molar-refractivity contribution is 7.89. The minimum atomic E-state index is -3.52. The summed E-state index contributed by atoms with van der Waals surface area (Å²) in [7, 11) is -3.52. The molecule has 2 aromatic rings. The summed E-state index contributed by atoms with van der Waals surface area (Å²) in [4.78, 5) is 12.5. The number of rotatable bonds is 4. The number of aromatic nitrogens is 2. The zero-order chi connectivity index (χ0) is 18.0. The van der Waals surface area contributed by atoms with Crippen LogP contribution in [0.3, 0.4) is 0 Å². The highest BCUT2D eigenvalue weighted by Gasteiger charge is 2.32. The number of aryl methyl sites for hydroxylation is 2. The predicted molar refractivity (Wildman–Crippen MR) is 90.3 cm³/mol. The monoisotopic (exact) mass is 364 g/mol. The van der Waals surface area contributed by atoms with E-state index < -0.39 is 10.0 Å². The summed E-state index contributed by atoms with van der Waals surface area (Å²) in [6.45, 7) is 4.15. The first-order valence-corrected chi connectivity index (χ1v) is 9.48. The van der Waals surface area contributed by atoms with Crippen LogP contribution in [0.4, 0.5) is 6.01 Å². The molecule has 1 aliphatic heterocycles. The Labute approximate surface area is 146 Å². The molecule has 0 atom stereocenters. The maximum absolute atomic E-state index is 12.7. The van der Waals surface area contributed by atoms with E-state index in [-0.39, 0.29) is 22.7 Å². The van der Waals surface area contributed by atoms with Crippen molar-refractivity contribution < 1.29 is 17.6 Å². The Morgan fingerprint density at radius 2 is 1.80 bits per heavy atom. The van der Waals surface area contributed by atoms with Gasteiger partial charge in [0, 0.05) is 25.9 Å². The molecule has 9 heteroatoms. The molecule has 1 amide bonds. The van der Waals surface area contributed by atoms with Crippen molar-refractivity contribution in [3.05, 3.63) is 35.7 Å². The van der Waals surface area contributed by atoms with Gasteiger partial charge in [0.05, 0.1) is 4.90 Å². The number of hydrogen-bond donors (Lipinski definition) is 1. The van der Waals surface area contributed by atoms with Gasteiger partial charge in [-0.15, -0.1) is 5.10 Å². The van der Waals surface area contributed by atoms with Crippen LogP contribution in [0.1, 0.15) is 24.3 Å². The largest absolute Gasteiger partial charge is 0.408 e. The van der Waals surface area contributed by atoms with Gasteiger partial charge in [0.1, 0.15) is 0 Å². The maximum Gasteiger partial charge on any atom is 0.322 e. The molecule has 1 N–H and O–H groups in total. The average Bonchev–Trinajstić information content (AvgIpc) is 3.00. The quantitative estimate of drug-likeness (QED) is 0.886. The van der Waals surface area contributed by atoms with E-state index in [4.69, 9.17) is 4.42 Å². The molecule has 0 radical (unpaired) electrons. The third-order valence-corrected chi connectivity index (χ3v) is 6.15. The lowest BCUT2D eigenvalue weighted by Gasteiger charge is -2.30. The molecule has 0 spiro atoms. The number of anilines is 1. The van der Waals surface area contributed by atoms with Crippen molar-refractivity contribution in [2.24, 2.45) is 5.92 Å². The first-order chi connectivity index (χ1) is 11.9.